The van der Waals surface area contributed by atoms with E-state index < -0.39 is 0 Å². The van der Waals surface area contributed by atoms with Crippen LogP contribution in [0.5, 0.6) is 5.75 Å². The molecule has 0 fully saturated rings. The van der Waals surface area contributed by atoms with E-state index in [0.717, 1.165) is 16.5 Å². The second-order valence-electron chi connectivity index (χ2n) is 4.52. The molecule has 3 heteroatoms. The van der Waals surface area contributed by atoms with Gasteiger partial charge in [-0.2, -0.15) is 0 Å². The van der Waals surface area contributed by atoms with Crippen molar-refractivity contribution in [2.75, 3.05) is 6.54 Å². The molecule has 0 radical (unpaired) electrons. The van der Waals surface area contributed by atoms with E-state index >= 15 is 0 Å². The summed E-state index contributed by atoms with van der Waals surface area (Å²) in [5, 5.41) is 10.5. The van der Waals surface area contributed by atoms with Gasteiger partial charge in [0.25, 0.3) is 0 Å². The summed E-state index contributed by atoms with van der Waals surface area (Å²) in [6.07, 6.45) is 1.97. The Labute approximate surface area is 88.9 Å². The van der Waals surface area contributed by atoms with Gasteiger partial charge in [0.15, 0.2) is 0 Å². The van der Waals surface area contributed by atoms with Crippen molar-refractivity contribution in [2.45, 2.75) is 19.3 Å². The molecule has 4 N–H and O–H groups in total. The van der Waals surface area contributed by atoms with Gasteiger partial charge >= 0.3 is 0 Å². The van der Waals surface area contributed by atoms with Crippen LogP contribution < -0.4 is 5.73 Å². The molecule has 0 spiro atoms. The molecule has 0 saturated heterocycles. The van der Waals surface area contributed by atoms with Gasteiger partial charge in [-0.1, -0.05) is 13.8 Å². The Morgan fingerprint density at radius 3 is 2.80 bits per heavy atom. The SMILES string of the molecule is CC(C)(CN)c1c[nH]c2ccc(O)cc12. The van der Waals surface area contributed by atoms with Crippen LogP contribution in [-0.2, 0) is 5.41 Å². The number of aromatic nitrogens is 1. The summed E-state index contributed by atoms with van der Waals surface area (Å²) in [6, 6.07) is 5.33. The predicted octanol–water partition coefficient (Wildman–Crippen LogP) is 2.11. The standard InChI is InChI=1S/C12H16N2O/c1-12(2,7-13)10-6-14-11-4-3-8(15)5-9(10)11/h3-6,14-15H,7,13H2,1-2H3. The number of phenols is 1. The summed E-state index contributed by atoms with van der Waals surface area (Å²) >= 11 is 0. The fourth-order valence-corrected chi connectivity index (χ4v) is 1.78. The van der Waals surface area contributed by atoms with E-state index in [9.17, 15) is 5.11 Å². The van der Waals surface area contributed by atoms with Gasteiger partial charge in [0.1, 0.15) is 5.75 Å². The second-order valence-corrected chi connectivity index (χ2v) is 4.52. The van der Waals surface area contributed by atoms with Crippen LogP contribution in [0.15, 0.2) is 24.4 Å². The molecule has 0 amide bonds. The van der Waals surface area contributed by atoms with Gasteiger partial charge in [-0.3, -0.25) is 0 Å². The molecule has 0 unspecified atom stereocenters. The number of aromatic hydroxyl groups is 1. The van der Waals surface area contributed by atoms with Crippen molar-refractivity contribution in [3.8, 4) is 5.75 Å². The van der Waals surface area contributed by atoms with Gasteiger partial charge in [0.05, 0.1) is 0 Å². The molecule has 0 bridgehead atoms. The Morgan fingerprint density at radius 2 is 2.13 bits per heavy atom. The van der Waals surface area contributed by atoms with Crippen LogP contribution >= 0.6 is 0 Å². The van der Waals surface area contributed by atoms with Crippen molar-refractivity contribution < 1.29 is 5.11 Å². The molecule has 0 aliphatic carbocycles. The molecule has 0 atom stereocenters. The van der Waals surface area contributed by atoms with E-state index in [1.165, 1.54) is 0 Å². The minimum absolute atomic E-state index is 0.0773. The lowest BCUT2D eigenvalue weighted by atomic mass is 9.85. The smallest absolute Gasteiger partial charge is 0.116 e. The molecular formula is C12H16N2O. The highest BCUT2D eigenvalue weighted by atomic mass is 16.3. The molecule has 2 aromatic rings. The van der Waals surface area contributed by atoms with E-state index in [-0.39, 0.29) is 11.2 Å². The maximum atomic E-state index is 9.47. The van der Waals surface area contributed by atoms with E-state index in [1.54, 1.807) is 12.1 Å². The van der Waals surface area contributed by atoms with Gasteiger partial charge in [-0.15, -0.1) is 0 Å². The number of nitrogens with two attached hydrogens (primary N) is 1. The van der Waals surface area contributed by atoms with Crippen LogP contribution in [0.25, 0.3) is 10.9 Å². The first-order chi connectivity index (χ1) is 7.04. The highest BCUT2D eigenvalue weighted by Crippen LogP contribution is 2.31. The molecule has 1 aromatic carbocycles. The zero-order chi connectivity index (χ0) is 11.1. The van der Waals surface area contributed by atoms with Crippen molar-refractivity contribution in [1.29, 1.82) is 0 Å². The highest BCUT2D eigenvalue weighted by Gasteiger charge is 2.22. The number of rotatable bonds is 2. The van der Waals surface area contributed by atoms with Crippen LogP contribution in [0.2, 0.25) is 0 Å². The second kappa shape index (κ2) is 3.28. The van der Waals surface area contributed by atoms with Crippen LogP contribution in [0.3, 0.4) is 0 Å². The number of H-pyrrole nitrogens is 1. The van der Waals surface area contributed by atoms with Crippen molar-refractivity contribution in [3.63, 3.8) is 0 Å². The molecule has 1 heterocycles. The van der Waals surface area contributed by atoms with Crippen LogP contribution in [0.1, 0.15) is 19.4 Å². The molecule has 0 aliphatic heterocycles. The Balaban J connectivity index is 2.67. The number of nitrogens with one attached hydrogen (secondary N) is 1. The maximum absolute atomic E-state index is 9.47. The Bertz CT molecular complexity index is 485. The third-order valence-corrected chi connectivity index (χ3v) is 2.90. The number of phenolic OH excluding ortho intramolecular Hbond substituents is 1. The van der Waals surface area contributed by atoms with Gasteiger partial charge in [0, 0.05) is 29.1 Å². The van der Waals surface area contributed by atoms with E-state index in [1.807, 2.05) is 12.3 Å². The number of fused-ring (bicyclic) bond motifs is 1. The van der Waals surface area contributed by atoms with Gasteiger partial charge < -0.3 is 15.8 Å². The zero-order valence-electron chi connectivity index (χ0n) is 9.04. The van der Waals surface area contributed by atoms with E-state index in [2.05, 4.69) is 18.8 Å². The Morgan fingerprint density at radius 1 is 1.40 bits per heavy atom. The average molecular weight is 204 g/mol. The molecular weight excluding hydrogens is 188 g/mol. The lowest BCUT2D eigenvalue weighted by Gasteiger charge is -2.21. The molecule has 1 aromatic heterocycles. The highest BCUT2D eigenvalue weighted by molar-refractivity contribution is 5.85. The van der Waals surface area contributed by atoms with Crippen LogP contribution in [-0.4, -0.2) is 16.6 Å². The number of hydrogen-bond donors (Lipinski definition) is 3. The fourth-order valence-electron chi connectivity index (χ4n) is 1.78. The van der Waals surface area contributed by atoms with Gasteiger partial charge in [-0.25, -0.2) is 0 Å². The molecule has 3 nitrogen and oxygen atoms in total. The lowest BCUT2D eigenvalue weighted by Crippen LogP contribution is -2.27. The minimum atomic E-state index is -0.0773. The Kier molecular flexibility index (Phi) is 2.20. The summed E-state index contributed by atoms with van der Waals surface area (Å²) in [7, 11) is 0. The largest absolute Gasteiger partial charge is 0.508 e. The summed E-state index contributed by atoms with van der Waals surface area (Å²) in [5.74, 6) is 0.288. The summed E-state index contributed by atoms with van der Waals surface area (Å²) in [6.45, 7) is 4.77. The topological polar surface area (TPSA) is 62.0 Å². The molecule has 15 heavy (non-hydrogen) atoms. The summed E-state index contributed by atoms with van der Waals surface area (Å²) in [5.41, 5.74) is 7.85. The normalized spacial score (nSPS) is 12.2. The summed E-state index contributed by atoms with van der Waals surface area (Å²) < 4.78 is 0. The quantitative estimate of drug-likeness (QED) is 0.701. The van der Waals surface area contributed by atoms with E-state index in [4.69, 9.17) is 5.73 Å². The molecule has 2 rings (SSSR count). The van der Waals surface area contributed by atoms with Crippen LogP contribution in [0.4, 0.5) is 0 Å². The third-order valence-electron chi connectivity index (χ3n) is 2.90. The first-order valence-electron chi connectivity index (χ1n) is 5.05. The zero-order valence-corrected chi connectivity index (χ0v) is 9.04. The first-order valence-corrected chi connectivity index (χ1v) is 5.05. The van der Waals surface area contributed by atoms with Gasteiger partial charge in [0.2, 0.25) is 0 Å². The lowest BCUT2D eigenvalue weighted by molar-refractivity contribution is 0.476. The van der Waals surface area contributed by atoms with Crippen molar-refractivity contribution in [2.24, 2.45) is 5.73 Å². The summed E-state index contributed by atoms with van der Waals surface area (Å²) in [4.78, 5) is 3.19. The van der Waals surface area contributed by atoms with Crippen LogP contribution in [0, 0.1) is 0 Å². The van der Waals surface area contributed by atoms with E-state index in [0.29, 0.717) is 6.54 Å². The number of hydrogen-bond acceptors (Lipinski definition) is 2. The minimum Gasteiger partial charge on any atom is -0.508 e. The third kappa shape index (κ3) is 1.59. The van der Waals surface area contributed by atoms with Crippen molar-refractivity contribution in [1.82, 2.24) is 4.98 Å². The monoisotopic (exact) mass is 204 g/mol. The molecule has 80 valence electrons. The maximum Gasteiger partial charge on any atom is 0.116 e. The number of benzene rings is 1. The number of aromatic amines is 1. The van der Waals surface area contributed by atoms with Crippen molar-refractivity contribution >= 4 is 10.9 Å². The van der Waals surface area contributed by atoms with Crippen molar-refractivity contribution in [3.05, 3.63) is 30.0 Å². The molecule has 0 aliphatic rings. The Hall–Kier alpha value is -1.48. The van der Waals surface area contributed by atoms with Gasteiger partial charge in [-0.05, 0) is 23.8 Å². The fraction of sp³-hybridized carbons (Fsp3) is 0.333. The predicted molar refractivity (Wildman–Crippen MR) is 62.0 cm³/mol. The average Bonchev–Trinajstić information content (AvgIpc) is 2.61. The first kappa shape index (κ1) is 10.1. The molecule has 0 saturated carbocycles.